The Balaban J connectivity index is 0.835. The lowest BCUT2D eigenvalue weighted by atomic mass is 10.0. The summed E-state index contributed by atoms with van der Waals surface area (Å²) in [7, 11) is 0. The van der Waals surface area contributed by atoms with E-state index in [4.69, 9.17) is 14.8 Å². The minimum atomic E-state index is 0.0483. The van der Waals surface area contributed by atoms with Crippen molar-refractivity contribution in [1.82, 2.24) is 34.6 Å². The van der Waals surface area contributed by atoms with E-state index >= 15 is 0 Å². The molecule has 2 aromatic heterocycles. The Morgan fingerprint density at radius 1 is 0.810 bits per heavy atom. The molecule has 304 valence electrons. The van der Waals surface area contributed by atoms with Gasteiger partial charge in [-0.1, -0.05) is 67.1 Å². The van der Waals surface area contributed by atoms with Crippen molar-refractivity contribution in [1.29, 1.82) is 0 Å². The van der Waals surface area contributed by atoms with E-state index in [1.165, 1.54) is 5.56 Å². The maximum Gasteiger partial charge on any atom is 0.260 e. The number of nitrogens with zero attached hydrogens (tertiary/aromatic N) is 8. The Labute approximate surface area is 342 Å². The van der Waals surface area contributed by atoms with Crippen molar-refractivity contribution in [2.24, 2.45) is 0 Å². The van der Waals surface area contributed by atoms with Crippen LogP contribution < -0.4 is 19.9 Å². The van der Waals surface area contributed by atoms with Crippen molar-refractivity contribution < 1.29 is 14.6 Å². The molecular formula is C46H57N9O3. The number of amides is 1. The van der Waals surface area contributed by atoms with Gasteiger partial charge >= 0.3 is 0 Å². The van der Waals surface area contributed by atoms with Crippen LogP contribution in [0.2, 0.25) is 0 Å². The predicted molar refractivity (Wildman–Crippen MR) is 231 cm³/mol. The third kappa shape index (κ3) is 9.53. The number of unbranched alkanes of at least 4 members (excludes halogenated alkanes) is 2. The van der Waals surface area contributed by atoms with Crippen LogP contribution in [0.25, 0.3) is 28.0 Å². The molecule has 1 amide bonds. The van der Waals surface area contributed by atoms with Crippen LogP contribution in [0.5, 0.6) is 5.75 Å². The fourth-order valence-electron chi connectivity index (χ4n) is 8.38. The molecule has 5 aromatic rings. The minimum Gasteiger partial charge on any atom is -0.484 e. The zero-order chi connectivity index (χ0) is 39.7. The topological polar surface area (TPSA) is 105 Å². The highest BCUT2D eigenvalue weighted by Gasteiger charge is 2.24. The molecule has 8 rings (SSSR count). The average Bonchev–Trinajstić information content (AvgIpc) is 3.62. The highest BCUT2D eigenvalue weighted by molar-refractivity contribution is 5.83. The van der Waals surface area contributed by atoms with Crippen LogP contribution in [0, 0.1) is 6.92 Å². The van der Waals surface area contributed by atoms with Gasteiger partial charge < -0.3 is 24.5 Å². The lowest BCUT2D eigenvalue weighted by molar-refractivity contribution is -0.135. The minimum absolute atomic E-state index is 0.0483. The second-order valence-electron chi connectivity index (χ2n) is 15.6. The first-order valence-electron chi connectivity index (χ1n) is 21.0. The van der Waals surface area contributed by atoms with Crippen LogP contribution >= 0.6 is 0 Å². The summed E-state index contributed by atoms with van der Waals surface area (Å²) in [4.78, 5) is 29.6. The molecule has 0 bridgehead atoms. The van der Waals surface area contributed by atoms with Crippen LogP contribution in [0.4, 0.5) is 11.5 Å². The van der Waals surface area contributed by atoms with Crippen molar-refractivity contribution in [3.63, 3.8) is 0 Å². The lowest BCUT2D eigenvalue weighted by Gasteiger charge is -2.35. The van der Waals surface area contributed by atoms with Gasteiger partial charge in [0.05, 0.1) is 24.7 Å². The Bertz CT molecular complexity index is 2160. The molecule has 3 aromatic carbocycles. The summed E-state index contributed by atoms with van der Waals surface area (Å²) < 4.78 is 7.96. The van der Waals surface area contributed by atoms with Crippen LogP contribution in [0.3, 0.4) is 0 Å². The molecule has 58 heavy (non-hydrogen) atoms. The molecule has 5 heterocycles. The summed E-state index contributed by atoms with van der Waals surface area (Å²) in [5, 5.41) is 17.9. The number of rotatable bonds is 15. The molecule has 0 aliphatic carbocycles. The standard InChI is InChI=1S/C46H57N9O3/c1-36-45(38-13-5-2-6-14-38)46-48-42(33-43(55(46)49-36)52-25-21-51(22-26-52)29-30-56)39-15-8-12-37(31-39)11-4-3-7-19-50-23-27-53(28-24-50)44(57)34-58-41-17-9-16-40(32-41)54-20-10-18-47-35-54/h2,5-6,8-10,12-17,20,31-33,47,56H,3-4,7,11,18-19,21-30,34-35H2,1H3. The van der Waals surface area contributed by atoms with Crippen molar-refractivity contribution in [3.8, 4) is 28.1 Å². The normalized spacial score (nSPS) is 16.7. The number of piperazine rings is 2. The molecule has 2 N–H and O–H groups in total. The monoisotopic (exact) mass is 783 g/mol. The first-order valence-corrected chi connectivity index (χ1v) is 21.0. The second kappa shape index (κ2) is 19.0. The average molecular weight is 784 g/mol. The van der Waals surface area contributed by atoms with E-state index < -0.39 is 0 Å². The van der Waals surface area contributed by atoms with E-state index in [0.717, 1.165) is 143 Å². The molecule has 3 aliphatic heterocycles. The number of β-amino-alcohol motifs (C(OH)–C–C–N with tert-alkyl or cyclic N) is 1. The number of aliphatic hydroxyl groups is 1. The fraction of sp³-hybridized carbons (Fsp3) is 0.413. The number of hydrogen-bond donors (Lipinski definition) is 2. The molecule has 2 saturated heterocycles. The fourth-order valence-corrected chi connectivity index (χ4v) is 8.38. The number of benzene rings is 3. The molecule has 0 radical (unpaired) electrons. The van der Waals surface area contributed by atoms with Crippen LogP contribution in [0.15, 0.2) is 97.2 Å². The predicted octanol–water partition coefficient (Wildman–Crippen LogP) is 5.30. The summed E-state index contributed by atoms with van der Waals surface area (Å²) in [6.07, 6.45) is 8.61. The maximum atomic E-state index is 13.0. The Hall–Kier alpha value is -5.27. The second-order valence-corrected chi connectivity index (χ2v) is 15.6. The van der Waals surface area contributed by atoms with Gasteiger partial charge in [-0.15, -0.1) is 0 Å². The van der Waals surface area contributed by atoms with E-state index in [1.807, 2.05) is 39.7 Å². The number of carbonyl (C=O) groups excluding carboxylic acids is 1. The number of aliphatic hydroxyl groups excluding tert-OH is 1. The van der Waals surface area contributed by atoms with Gasteiger partial charge in [-0.2, -0.15) is 9.61 Å². The van der Waals surface area contributed by atoms with E-state index in [2.05, 4.69) is 98.7 Å². The van der Waals surface area contributed by atoms with Gasteiger partial charge in [0, 0.05) is 101 Å². The summed E-state index contributed by atoms with van der Waals surface area (Å²) in [5.74, 6) is 1.82. The number of aryl methyl sites for hydroxylation is 2. The Kier molecular flexibility index (Phi) is 12.9. The number of hydrogen-bond acceptors (Lipinski definition) is 10. The van der Waals surface area contributed by atoms with Crippen LogP contribution in [0.1, 0.15) is 30.5 Å². The molecule has 3 aliphatic rings. The van der Waals surface area contributed by atoms with Gasteiger partial charge in [0.15, 0.2) is 12.3 Å². The maximum absolute atomic E-state index is 13.0. The first-order chi connectivity index (χ1) is 28.5. The van der Waals surface area contributed by atoms with Crippen LogP contribution in [-0.2, 0) is 11.2 Å². The molecule has 0 unspecified atom stereocenters. The number of carbonyl (C=O) groups is 1. The zero-order valence-corrected chi connectivity index (χ0v) is 33.8. The van der Waals surface area contributed by atoms with Crippen molar-refractivity contribution >= 4 is 23.1 Å². The summed E-state index contributed by atoms with van der Waals surface area (Å²) >= 11 is 0. The highest BCUT2D eigenvalue weighted by Crippen LogP contribution is 2.33. The quantitative estimate of drug-likeness (QED) is 0.136. The summed E-state index contributed by atoms with van der Waals surface area (Å²) in [5.41, 5.74) is 8.48. The highest BCUT2D eigenvalue weighted by atomic mass is 16.5. The van der Waals surface area contributed by atoms with Gasteiger partial charge in [0.25, 0.3) is 5.91 Å². The molecule has 12 heteroatoms. The zero-order valence-electron chi connectivity index (χ0n) is 33.8. The van der Waals surface area contributed by atoms with E-state index in [0.29, 0.717) is 12.3 Å². The third-order valence-corrected chi connectivity index (χ3v) is 11.6. The molecule has 0 saturated carbocycles. The van der Waals surface area contributed by atoms with Gasteiger partial charge in [-0.05, 0) is 62.1 Å². The number of nitrogens with one attached hydrogen (secondary N) is 1. The molecule has 0 spiro atoms. The summed E-state index contributed by atoms with van der Waals surface area (Å²) in [6, 6.07) is 29.5. The summed E-state index contributed by atoms with van der Waals surface area (Å²) in [6.45, 7) is 12.5. The van der Waals surface area contributed by atoms with Gasteiger partial charge in [-0.3, -0.25) is 19.9 Å². The number of ether oxygens (including phenoxy) is 1. The van der Waals surface area contributed by atoms with E-state index in [1.54, 1.807) is 0 Å². The van der Waals surface area contributed by atoms with E-state index in [9.17, 15) is 9.90 Å². The van der Waals surface area contributed by atoms with E-state index in [-0.39, 0.29) is 19.1 Å². The number of anilines is 2. The van der Waals surface area contributed by atoms with Gasteiger partial charge in [0.2, 0.25) is 0 Å². The smallest absolute Gasteiger partial charge is 0.260 e. The Morgan fingerprint density at radius 2 is 1.59 bits per heavy atom. The van der Waals surface area contributed by atoms with Gasteiger partial charge in [-0.25, -0.2) is 4.98 Å². The number of aromatic nitrogens is 3. The lowest BCUT2D eigenvalue weighted by Crippen LogP contribution is -2.50. The SMILES string of the molecule is Cc1nn2c(N3CCN(CCO)CC3)cc(-c3cccc(CCCCCN4CCN(C(=O)COc5cccc(N6C=CCNC6)c5)CC4)c3)nc2c1-c1ccccc1. The van der Waals surface area contributed by atoms with Gasteiger partial charge in [0.1, 0.15) is 11.6 Å². The third-order valence-electron chi connectivity index (χ3n) is 11.6. The van der Waals surface area contributed by atoms with Crippen molar-refractivity contribution in [2.75, 3.05) is 102 Å². The molecule has 2 fully saturated rings. The number of fused-ring (bicyclic) bond motifs is 1. The Morgan fingerprint density at radius 3 is 2.38 bits per heavy atom. The first kappa shape index (κ1) is 39.6. The molecule has 0 atom stereocenters. The van der Waals surface area contributed by atoms with Crippen molar-refractivity contribution in [3.05, 3.63) is 108 Å². The van der Waals surface area contributed by atoms with Crippen molar-refractivity contribution in [2.45, 2.75) is 32.6 Å². The molecular weight excluding hydrogens is 727 g/mol. The largest absolute Gasteiger partial charge is 0.484 e. The molecule has 12 nitrogen and oxygen atoms in total. The van der Waals surface area contributed by atoms with Crippen LogP contribution in [-0.4, -0.2) is 132 Å².